The van der Waals surface area contributed by atoms with E-state index in [2.05, 4.69) is 25.7 Å². The van der Waals surface area contributed by atoms with Crippen molar-refractivity contribution in [2.75, 3.05) is 62.4 Å². The number of rotatable bonds is 3. The van der Waals surface area contributed by atoms with E-state index in [0.717, 1.165) is 48.1 Å². The van der Waals surface area contributed by atoms with Gasteiger partial charge in [0.15, 0.2) is 5.82 Å². The molecule has 0 N–H and O–H groups in total. The summed E-state index contributed by atoms with van der Waals surface area (Å²) in [4.78, 5) is 18.5. The van der Waals surface area contributed by atoms with Crippen LogP contribution in [-0.2, 0) is 9.47 Å². The lowest BCUT2D eigenvalue weighted by atomic mass is 10.2. The number of anilines is 2. The van der Waals surface area contributed by atoms with Crippen LogP contribution in [0.5, 0.6) is 0 Å². The van der Waals surface area contributed by atoms with Gasteiger partial charge in [0.25, 0.3) is 0 Å². The zero-order valence-corrected chi connectivity index (χ0v) is 15.5. The molecule has 3 heterocycles. The number of hydrogen-bond acceptors (Lipinski definition) is 7. The van der Waals surface area contributed by atoms with Crippen LogP contribution >= 0.6 is 15.9 Å². The highest BCUT2D eigenvalue weighted by atomic mass is 79.9. The summed E-state index contributed by atoms with van der Waals surface area (Å²) in [6.07, 6.45) is 0. The Hall–Kier alpha value is -1.77. The Morgan fingerprint density at radius 1 is 0.720 bits per heavy atom. The second-order valence-corrected chi connectivity index (χ2v) is 6.88. The highest BCUT2D eigenvalue weighted by molar-refractivity contribution is 9.10. The van der Waals surface area contributed by atoms with Gasteiger partial charge in [-0.15, -0.1) is 0 Å². The summed E-state index contributed by atoms with van der Waals surface area (Å²) in [6, 6.07) is 8.04. The van der Waals surface area contributed by atoms with Gasteiger partial charge in [0.1, 0.15) is 0 Å². The van der Waals surface area contributed by atoms with Crippen molar-refractivity contribution >= 4 is 27.8 Å². The van der Waals surface area contributed by atoms with Crippen molar-refractivity contribution in [3.05, 3.63) is 28.7 Å². The molecule has 132 valence electrons. The molecule has 2 aromatic rings. The van der Waals surface area contributed by atoms with E-state index in [1.54, 1.807) is 0 Å². The summed E-state index contributed by atoms with van der Waals surface area (Å²) in [5.41, 5.74) is 0.981. The monoisotopic (exact) mass is 405 g/mol. The molecule has 0 amide bonds. The average Bonchev–Trinajstić information content (AvgIpc) is 2.69. The maximum absolute atomic E-state index is 5.45. The minimum absolute atomic E-state index is 0.700. The molecule has 1 aromatic carbocycles. The van der Waals surface area contributed by atoms with Crippen LogP contribution < -0.4 is 9.80 Å². The predicted molar refractivity (Wildman–Crippen MR) is 99.0 cm³/mol. The first-order valence-electron chi connectivity index (χ1n) is 8.47. The van der Waals surface area contributed by atoms with Gasteiger partial charge < -0.3 is 19.3 Å². The van der Waals surface area contributed by atoms with Gasteiger partial charge in [0, 0.05) is 36.2 Å². The first-order chi connectivity index (χ1) is 12.3. The van der Waals surface area contributed by atoms with Crippen molar-refractivity contribution in [2.45, 2.75) is 0 Å². The van der Waals surface area contributed by atoms with E-state index in [1.807, 2.05) is 24.3 Å². The summed E-state index contributed by atoms with van der Waals surface area (Å²) in [7, 11) is 0. The molecule has 4 rings (SSSR count). The van der Waals surface area contributed by atoms with Gasteiger partial charge in [-0.3, -0.25) is 0 Å². The smallest absolute Gasteiger partial charge is 0.230 e. The molecule has 2 aliphatic heterocycles. The van der Waals surface area contributed by atoms with E-state index in [9.17, 15) is 0 Å². The van der Waals surface area contributed by atoms with Crippen molar-refractivity contribution in [2.24, 2.45) is 0 Å². The number of halogens is 1. The normalized spacial score (nSPS) is 18.4. The molecule has 2 aliphatic rings. The molecular formula is C17H20BrN5O2. The Kier molecular flexibility index (Phi) is 5.09. The van der Waals surface area contributed by atoms with Crippen LogP contribution in [0.4, 0.5) is 11.9 Å². The summed E-state index contributed by atoms with van der Waals surface area (Å²) < 4.78 is 11.9. The van der Waals surface area contributed by atoms with Crippen LogP contribution in [0.25, 0.3) is 11.4 Å². The fourth-order valence-corrected chi connectivity index (χ4v) is 3.16. The van der Waals surface area contributed by atoms with Gasteiger partial charge in [0.2, 0.25) is 11.9 Å². The maximum Gasteiger partial charge on any atom is 0.230 e. The lowest BCUT2D eigenvalue weighted by Crippen LogP contribution is -2.40. The Balaban J connectivity index is 1.72. The summed E-state index contributed by atoms with van der Waals surface area (Å²) >= 11 is 3.47. The zero-order valence-electron chi connectivity index (χ0n) is 13.9. The van der Waals surface area contributed by atoms with Crippen LogP contribution in [0.1, 0.15) is 0 Å². The van der Waals surface area contributed by atoms with E-state index in [-0.39, 0.29) is 0 Å². The van der Waals surface area contributed by atoms with Crippen LogP contribution in [0, 0.1) is 0 Å². The molecule has 0 aliphatic carbocycles. The molecule has 0 atom stereocenters. The maximum atomic E-state index is 5.45. The molecule has 7 nitrogen and oxygen atoms in total. The minimum atomic E-state index is 0.700. The molecular weight excluding hydrogens is 386 g/mol. The highest BCUT2D eigenvalue weighted by Gasteiger charge is 2.21. The third-order valence-corrected chi connectivity index (χ3v) is 4.83. The average molecular weight is 406 g/mol. The minimum Gasteiger partial charge on any atom is -0.378 e. The van der Waals surface area contributed by atoms with Gasteiger partial charge in [-0.1, -0.05) is 28.1 Å². The summed E-state index contributed by atoms with van der Waals surface area (Å²) in [5.74, 6) is 2.14. The van der Waals surface area contributed by atoms with E-state index in [0.29, 0.717) is 32.3 Å². The van der Waals surface area contributed by atoms with Crippen LogP contribution in [0.2, 0.25) is 0 Å². The largest absolute Gasteiger partial charge is 0.378 e. The lowest BCUT2D eigenvalue weighted by Gasteiger charge is -2.30. The molecule has 0 spiro atoms. The molecule has 25 heavy (non-hydrogen) atoms. The highest BCUT2D eigenvalue weighted by Crippen LogP contribution is 2.24. The molecule has 0 saturated carbocycles. The Morgan fingerprint density at radius 3 is 1.68 bits per heavy atom. The van der Waals surface area contributed by atoms with Gasteiger partial charge in [0.05, 0.1) is 26.4 Å². The van der Waals surface area contributed by atoms with Gasteiger partial charge >= 0.3 is 0 Å². The van der Waals surface area contributed by atoms with E-state index >= 15 is 0 Å². The molecule has 2 fully saturated rings. The number of morpholine rings is 2. The molecule has 0 radical (unpaired) electrons. The SMILES string of the molecule is Brc1ccc(-c2nc(N3CCOCC3)nc(N3CCOCC3)n2)cc1. The first-order valence-corrected chi connectivity index (χ1v) is 9.26. The fourth-order valence-electron chi connectivity index (χ4n) is 2.89. The number of ether oxygens (including phenoxy) is 2. The fraction of sp³-hybridized carbons (Fsp3) is 0.471. The van der Waals surface area contributed by atoms with Crippen molar-refractivity contribution in [3.63, 3.8) is 0 Å². The predicted octanol–water partition coefficient (Wildman–Crippen LogP) is 1.97. The second-order valence-electron chi connectivity index (χ2n) is 5.96. The summed E-state index contributed by atoms with van der Waals surface area (Å²) in [5, 5.41) is 0. The molecule has 1 aromatic heterocycles. The molecule has 0 bridgehead atoms. The van der Waals surface area contributed by atoms with E-state index in [1.165, 1.54) is 0 Å². The van der Waals surface area contributed by atoms with E-state index in [4.69, 9.17) is 24.4 Å². The van der Waals surface area contributed by atoms with Crippen molar-refractivity contribution < 1.29 is 9.47 Å². The van der Waals surface area contributed by atoms with Crippen LogP contribution in [0.3, 0.4) is 0 Å². The number of hydrogen-bond donors (Lipinski definition) is 0. The molecule has 2 saturated heterocycles. The van der Waals surface area contributed by atoms with Gasteiger partial charge in [-0.2, -0.15) is 15.0 Å². The standard InChI is InChI=1S/C17H20BrN5O2/c18-14-3-1-13(2-4-14)15-19-16(22-5-9-24-10-6-22)21-17(20-15)23-7-11-25-12-8-23/h1-4H,5-12H2. The van der Waals surface area contributed by atoms with Crippen LogP contribution in [-0.4, -0.2) is 67.6 Å². The third kappa shape index (κ3) is 3.91. The van der Waals surface area contributed by atoms with Crippen molar-refractivity contribution in [3.8, 4) is 11.4 Å². The van der Waals surface area contributed by atoms with Crippen molar-refractivity contribution in [1.29, 1.82) is 0 Å². The third-order valence-electron chi connectivity index (χ3n) is 4.30. The molecule has 0 unspecified atom stereocenters. The second kappa shape index (κ2) is 7.63. The van der Waals surface area contributed by atoms with Gasteiger partial charge in [-0.05, 0) is 12.1 Å². The topological polar surface area (TPSA) is 63.6 Å². The Morgan fingerprint density at radius 2 is 1.20 bits per heavy atom. The number of nitrogens with zero attached hydrogens (tertiary/aromatic N) is 5. The number of aromatic nitrogens is 3. The van der Waals surface area contributed by atoms with E-state index < -0.39 is 0 Å². The zero-order chi connectivity index (χ0) is 17.1. The van der Waals surface area contributed by atoms with Gasteiger partial charge in [-0.25, -0.2) is 0 Å². The Bertz CT molecular complexity index is 679. The Labute approximate surface area is 155 Å². The number of benzene rings is 1. The summed E-state index contributed by atoms with van der Waals surface area (Å²) in [6.45, 7) is 5.99. The first kappa shape index (κ1) is 16.7. The van der Waals surface area contributed by atoms with Crippen molar-refractivity contribution in [1.82, 2.24) is 15.0 Å². The lowest BCUT2D eigenvalue weighted by molar-refractivity contribution is 0.121. The quantitative estimate of drug-likeness (QED) is 0.773. The molecule has 8 heteroatoms. The van der Waals surface area contributed by atoms with Crippen LogP contribution in [0.15, 0.2) is 28.7 Å².